The van der Waals surface area contributed by atoms with E-state index >= 15 is 0 Å². The maximum Gasteiger partial charge on any atom is 0.269 e. The first-order valence-corrected chi connectivity index (χ1v) is 11.3. The Kier molecular flexibility index (Phi) is 6.21. The molecule has 0 radical (unpaired) electrons. The zero-order valence-corrected chi connectivity index (χ0v) is 18.2. The fourth-order valence-electron chi connectivity index (χ4n) is 3.49. The normalized spacial score (nSPS) is 14.9. The second-order valence-electron chi connectivity index (χ2n) is 7.10. The number of nitrogens with zero attached hydrogens (tertiary/aromatic N) is 3. The van der Waals surface area contributed by atoms with Crippen LogP contribution >= 0.6 is 0 Å². The van der Waals surface area contributed by atoms with Gasteiger partial charge in [-0.25, -0.2) is 13.4 Å². The van der Waals surface area contributed by atoms with E-state index in [1.54, 1.807) is 24.3 Å². The number of benzene rings is 2. The number of hydrogen-bond donors (Lipinski definition) is 1. The lowest BCUT2D eigenvalue weighted by atomic mass is 10.2. The first-order valence-electron chi connectivity index (χ1n) is 9.90. The van der Waals surface area contributed by atoms with Crippen molar-refractivity contribution < 1.29 is 22.7 Å². The Morgan fingerprint density at radius 1 is 1.19 bits per heavy atom. The van der Waals surface area contributed by atoms with E-state index in [1.165, 1.54) is 34.2 Å². The molecular weight excluding hydrogens is 436 g/mol. The summed E-state index contributed by atoms with van der Waals surface area (Å²) in [5, 5.41) is 2.67. The van der Waals surface area contributed by atoms with Crippen LogP contribution in [0.2, 0.25) is 0 Å². The summed E-state index contributed by atoms with van der Waals surface area (Å²) in [5.41, 5.74) is 0.870. The van der Waals surface area contributed by atoms with Crippen LogP contribution < -0.4 is 15.6 Å². The minimum atomic E-state index is -3.76. The summed E-state index contributed by atoms with van der Waals surface area (Å²) >= 11 is 0. The lowest BCUT2D eigenvalue weighted by molar-refractivity contribution is -0.116. The van der Waals surface area contributed by atoms with Crippen molar-refractivity contribution in [2.75, 3.05) is 38.7 Å². The van der Waals surface area contributed by atoms with Crippen molar-refractivity contribution in [3.63, 3.8) is 0 Å². The van der Waals surface area contributed by atoms with E-state index in [9.17, 15) is 18.0 Å². The van der Waals surface area contributed by atoms with Crippen LogP contribution in [0, 0.1) is 0 Å². The van der Waals surface area contributed by atoms with E-state index < -0.39 is 21.5 Å². The van der Waals surface area contributed by atoms with E-state index in [1.807, 2.05) is 0 Å². The Morgan fingerprint density at radius 2 is 1.94 bits per heavy atom. The maximum atomic E-state index is 13.0. The summed E-state index contributed by atoms with van der Waals surface area (Å²) in [4.78, 5) is 29.2. The SMILES string of the molecule is COc1ccc(S(=O)(=O)N2CCOCC2)cc1NC(=O)Cn1c(=O)cnc2ccccc21. The molecule has 0 bridgehead atoms. The third-order valence-electron chi connectivity index (χ3n) is 5.11. The molecule has 0 saturated carbocycles. The van der Waals surface area contributed by atoms with E-state index in [0.29, 0.717) is 30.0 Å². The molecule has 168 valence electrons. The topological polar surface area (TPSA) is 120 Å². The molecule has 1 N–H and O–H groups in total. The second kappa shape index (κ2) is 9.07. The summed E-state index contributed by atoms with van der Waals surface area (Å²) in [6, 6.07) is 11.3. The first kappa shape index (κ1) is 21.9. The van der Waals surface area contributed by atoms with Gasteiger partial charge < -0.3 is 14.8 Å². The molecule has 0 spiro atoms. The minimum Gasteiger partial charge on any atom is -0.495 e. The number of anilines is 1. The van der Waals surface area contributed by atoms with Gasteiger partial charge in [0.25, 0.3) is 5.56 Å². The van der Waals surface area contributed by atoms with Crippen molar-refractivity contribution >= 4 is 32.7 Å². The van der Waals surface area contributed by atoms with Gasteiger partial charge in [-0.05, 0) is 30.3 Å². The molecule has 2 heterocycles. The molecule has 1 aliphatic heterocycles. The number of fused-ring (bicyclic) bond motifs is 1. The molecular formula is C21H22N4O6S. The van der Waals surface area contributed by atoms with Crippen molar-refractivity contribution in [3.8, 4) is 5.75 Å². The number of carbonyl (C=O) groups is 1. The molecule has 32 heavy (non-hydrogen) atoms. The van der Waals surface area contributed by atoms with Gasteiger partial charge in [-0.2, -0.15) is 4.31 Å². The molecule has 4 rings (SSSR count). The monoisotopic (exact) mass is 458 g/mol. The third kappa shape index (κ3) is 4.35. The summed E-state index contributed by atoms with van der Waals surface area (Å²) in [6.45, 7) is 0.898. The smallest absolute Gasteiger partial charge is 0.269 e. The number of rotatable bonds is 6. The molecule has 1 amide bonds. The number of nitrogens with one attached hydrogen (secondary N) is 1. The molecule has 0 unspecified atom stereocenters. The fourth-order valence-corrected chi connectivity index (χ4v) is 4.93. The van der Waals surface area contributed by atoms with Crippen LogP contribution in [-0.2, 0) is 26.1 Å². The van der Waals surface area contributed by atoms with Crippen LogP contribution in [0.4, 0.5) is 5.69 Å². The Labute approximate surface area is 184 Å². The van der Waals surface area contributed by atoms with Gasteiger partial charge in [0, 0.05) is 13.1 Å². The van der Waals surface area contributed by atoms with Gasteiger partial charge in [-0.1, -0.05) is 12.1 Å². The third-order valence-corrected chi connectivity index (χ3v) is 7.00. The molecule has 0 atom stereocenters. The Hall–Kier alpha value is -3.28. The first-order chi connectivity index (χ1) is 15.4. The van der Waals surface area contributed by atoms with Gasteiger partial charge in [0.05, 0.1) is 48.1 Å². The molecule has 3 aromatic rings. The van der Waals surface area contributed by atoms with Crippen LogP contribution in [0.5, 0.6) is 5.75 Å². The molecule has 1 saturated heterocycles. The highest BCUT2D eigenvalue weighted by Gasteiger charge is 2.27. The zero-order chi connectivity index (χ0) is 22.7. The maximum absolute atomic E-state index is 13.0. The summed E-state index contributed by atoms with van der Waals surface area (Å²) in [7, 11) is -2.34. The van der Waals surface area contributed by atoms with Crippen molar-refractivity contribution in [3.05, 3.63) is 59.0 Å². The molecule has 11 heteroatoms. The molecule has 1 aliphatic rings. The number of methoxy groups -OCH3 is 1. The number of hydrogen-bond acceptors (Lipinski definition) is 7. The number of para-hydroxylation sites is 2. The van der Waals surface area contributed by atoms with Crippen LogP contribution in [0.1, 0.15) is 0 Å². The average Bonchev–Trinajstić information content (AvgIpc) is 2.81. The van der Waals surface area contributed by atoms with Crippen molar-refractivity contribution in [2.24, 2.45) is 0 Å². The standard InChI is InChI=1S/C21H22N4O6S/c1-30-19-7-6-15(32(28,29)24-8-10-31-11-9-24)12-17(19)23-20(26)14-25-18-5-3-2-4-16(18)22-13-21(25)27/h2-7,12-13H,8-11,14H2,1H3,(H,23,26). The summed E-state index contributed by atoms with van der Waals surface area (Å²) in [5.74, 6) is -0.214. The molecule has 1 fully saturated rings. The van der Waals surface area contributed by atoms with Crippen LogP contribution in [-0.4, -0.2) is 61.6 Å². The number of carbonyl (C=O) groups excluding carboxylic acids is 1. The molecule has 1 aromatic heterocycles. The number of aromatic nitrogens is 2. The van der Waals surface area contributed by atoms with Gasteiger partial charge in [0.15, 0.2) is 0 Å². The van der Waals surface area contributed by atoms with Gasteiger partial charge in [0.1, 0.15) is 12.3 Å². The fraction of sp³-hybridized carbons (Fsp3) is 0.286. The van der Waals surface area contributed by atoms with E-state index in [0.717, 1.165) is 6.20 Å². The van der Waals surface area contributed by atoms with Crippen molar-refractivity contribution in [1.82, 2.24) is 13.9 Å². The van der Waals surface area contributed by atoms with Gasteiger partial charge in [-0.3, -0.25) is 14.2 Å². The largest absolute Gasteiger partial charge is 0.495 e. The second-order valence-corrected chi connectivity index (χ2v) is 9.04. The van der Waals surface area contributed by atoms with Crippen LogP contribution in [0.3, 0.4) is 0 Å². The highest BCUT2D eigenvalue weighted by atomic mass is 32.2. The summed E-state index contributed by atoms with van der Waals surface area (Å²) in [6.07, 6.45) is 1.16. The van der Waals surface area contributed by atoms with Crippen molar-refractivity contribution in [1.29, 1.82) is 0 Å². The van der Waals surface area contributed by atoms with Gasteiger partial charge >= 0.3 is 0 Å². The van der Waals surface area contributed by atoms with Gasteiger partial charge in [-0.15, -0.1) is 0 Å². The van der Waals surface area contributed by atoms with Crippen LogP contribution in [0.15, 0.2) is 58.4 Å². The minimum absolute atomic E-state index is 0.0297. The predicted molar refractivity (Wildman–Crippen MR) is 117 cm³/mol. The highest BCUT2D eigenvalue weighted by molar-refractivity contribution is 7.89. The molecule has 2 aromatic carbocycles. The lowest BCUT2D eigenvalue weighted by Gasteiger charge is -2.26. The zero-order valence-electron chi connectivity index (χ0n) is 17.4. The molecule has 10 nitrogen and oxygen atoms in total. The van der Waals surface area contributed by atoms with E-state index in [-0.39, 0.29) is 30.2 Å². The Balaban J connectivity index is 1.61. The Bertz CT molecular complexity index is 1320. The van der Waals surface area contributed by atoms with E-state index in [2.05, 4.69) is 10.3 Å². The number of amides is 1. The lowest BCUT2D eigenvalue weighted by Crippen LogP contribution is -2.40. The number of morpholine rings is 1. The van der Waals surface area contributed by atoms with E-state index in [4.69, 9.17) is 9.47 Å². The van der Waals surface area contributed by atoms with Crippen molar-refractivity contribution in [2.45, 2.75) is 11.4 Å². The molecule has 0 aliphatic carbocycles. The van der Waals surface area contributed by atoms with Gasteiger partial charge in [0.2, 0.25) is 15.9 Å². The quantitative estimate of drug-likeness (QED) is 0.587. The predicted octanol–water partition coefficient (Wildman–Crippen LogP) is 1.06. The summed E-state index contributed by atoms with van der Waals surface area (Å²) < 4.78 is 39.1. The number of ether oxygens (including phenoxy) is 2. The Morgan fingerprint density at radius 3 is 2.69 bits per heavy atom. The van der Waals surface area contributed by atoms with Crippen LogP contribution in [0.25, 0.3) is 11.0 Å². The highest BCUT2D eigenvalue weighted by Crippen LogP contribution is 2.29. The number of sulfonamides is 1. The average molecular weight is 458 g/mol.